The summed E-state index contributed by atoms with van der Waals surface area (Å²) in [5.74, 6) is -3.30. The minimum absolute atomic E-state index is 0.0143. The zero-order valence-electron chi connectivity index (χ0n) is 16.0. The number of carboxylic acids is 1. The summed E-state index contributed by atoms with van der Waals surface area (Å²) < 4.78 is 0. The highest BCUT2D eigenvalue weighted by molar-refractivity contribution is 5.92. The molecule has 0 saturated carbocycles. The summed E-state index contributed by atoms with van der Waals surface area (Å²) in [7, 11) is 0. The molecule has 0 spiro atoms. The van der Waals surface area contributed by atoms with Gasteiger partial charge in [-0.3, -0.25) is 14.4 Å². The van der Waals surface area contributed by atoms with Crippen LogP contribution in [0.5, 0.6) is 0 Å². The Hall–Kier alpha value is -2.95. The van der Waals surface area contributed by atoms with Crippen molar-refractivity contribution in [1.29, 1.82) is 0 Å². The van der Waals surface area contributed by atoms with Crippen LogP contribution in [-0.2, 0) is 25.6 Å². The molecule has 8 N–H and O–H groups in total. The van der Waals surface area contributed by atoms with Crippen molar-refractivity contribution in [3.63, 3.8) is 0 Å². The van der Waals surface area contributed by atoms with E-state index < -0.39 is 41.8 Å². The number of nitrogens with two attached hydrogens (primary N) is 2. The Morgan fingerprint density at radius 1 is 1.25 bits per heavy atom. The molecule has 0 aromatic carbocycles. The molecular weight excluding hydrogens is 368 g/mol. The van der Waals surface area contributed by atoms with E-state index in [0.29, 0.717) is 12.1 Å². The van der Waals surface area contributed by atoms with Crippen molar-refractivity contribution in [2.24, 2.45) is 17.4 Å². The monoisotopic (exact) mass is 396 g/mol. The highest BCUT2D eigenvalue weighted by atomic mass is 16.4. The number of hydrogen-bond donors (Lipinski definition) is 6. The summed E-state index contributed by atoms with van der Waals surface area (Å²) >= 11 is 0. The summed E-state index contributed by atoms with van der Waals surface area (Å²) in [5.41, 5.74) is 11.3. The number of imidazole rings is 1. The van der Waals surface area contributed by atoms with E-state index >= 15 is 0 Å². The quantitative estimate of drug-likeness (QED) is 0.251. The first-order chi connectivity index (χ1) is 13.1. The number of carbonyl (C=O) groups is 4. The van der Waals surface area contributed by atoms with Gasteiger partial charge in [0.25, 0.3) is 0 Å². The first-order valence-electron chi connectivity index (χ1n) is 9.00. The van der Waals surface area contributed by atoms with Crippen LogP contribution in [0.4, 0.5) is 0 Å². The van der Waals surface area contributed by atoms with Crippen molar-refractivity contribution >= 4 is 23.7 Å². The molecule has 1 heterocycles. The van der Waals surface area contributed by atoms with Crippen molar-refractivity contribution in [3.05, 3.63) is 18.2 Å². The molecule has 3 amide bonds. The lowest BCUT2D eigenvalue weighted by Crippen LogP contribution is -2.57. The van der Waals surface area contributed by atoms with Gasteiger partial charge in [-0.2, -0.15) is 0 Å². The summed E-state index contributed by atoms with van der Waals surface area (Å²) in [5, 5.41) is 14.4. The van der Waals surface area contributed by atoms with Gasteiger partial charge in [0.15, 0.2) is 0 Å². The molecule has 28 heavy (non-hydrogen) atoms. The van der Waals surface area contributed by atoms with Crippen LogP contribution in [0.2, 0.25) is 0 Å². The van der Waals surface area contributed by atoms with E-state index in [1.807, 2.05) is 6.92 Å². The summed E-state index contributed by atoms with van der Waals surface area (Å²) in [6.45, 7) is 3.59. The fourth-order valence-corrected chi connectivity index (χ4v) is 2.47. The smallest absolute Gasteiger partial charge is 0.326 e. The first-order valence-corrected chi connectivity index (χ1v) is 9.00. The second-order valence-corrected chi connectivity index (χ2v) is 6.66. The van der Waals surface area contributed by atoms with Gasteiger partial charge >= 0.3 is 5.97 Å². The number of rotatable bonds is 12. The van der Waals surface area contributed by atoms with E-state index in [1.165, 1.54) is 12.5 Å². The third kappa shape index (κ3) is 7.35. The Balaban J connectivity index is 2.81. The molecule has 11 nitrogen and oxygen atoms in total. The maximum absolute atomic E-state index is 12.7. The van der Waals surface area contributed by atoms with E-state index in [1.54, 1.807) is 6.92 Å². The lowest BCUT2D eigenvalue weighted by molar-refractivity contribution is -0.142. The Labute approximate surface area is 162 Å². The SMILES string of the molecule is CCC(C)C(NC(=O)C(N)CCC(N)=O)C(=O)NC(Cc1cnc[nH]1)C(=O)O. The van der Waals surface area contributed by atoms with E-state index in [4.69, 9.17) is 11.5 Å². The molecule has 0 fully saturated rings. The average molecular weight is 396 g/mol. The number of hydrogen-bond acceptors (Lipinski definition) is 6. The Morgan fingerprint density at radius 2 is 1.93 bits per heavy atom. The number of carbonyl (C=O) groups excluding carboxylic acids is 3. The van der Waals surface area contributed by atoms with Crippen molar-refractivity contribution in [2.45, 2.75) is 57.7 Å². The standard InChI is InChI=1S/C17H28N6O5/c1-3-9(2)14(23-15(25)11(18)4-5-13(19)24)16(26)22-12(17(27)28)6-10-7-20-8-21-10/h7-9,11-12,14H,3-6,18H2,1-2H3,(H2,19,24)(H,20,21)(H,22,26)(H,23,25)(H,27,28). The van der Waals surface area contributed by atoms with E-state index in [0.717, 1.165) is 0 Å². The van der Waals surface area contributed by atoms with Gasteiger partial charge in [0.1, 0.15) is 12.1 Å². The molecule has 4 atom stereocenters. The molecule has 0 saturated heterocycles. The third-order valence-electron chi connectivity index (χ3n) is 4.43. The number of aromatic nitrogens is 2. The third-order valence-corrected chi connectivity index (χ3v) is 4.43. The number of nitrogens with zero attached hydrogens (tertiary/aromatic N) is 1. The lowest BCUT2D eigenvalue weighted by atomic mass is 9.97. The molecule has 1 rings (SSSR count). The van der Waals surface area contributed by atoms with Gasteiger partial charge in [0.2, 0.25) is 17.7 Å². The average Bonchev–Trinajstić information content (AvgIpc) is 3.15. The molecule has 0 aliphatic rings. The molecule has 1 aromatic heterocycles. The second-order valence-electron chi connectivity index (χ2n) is 6.66. The number of carboxylic acid groups (broad SMARTS) is 1. The molecule has 1 aromatic rings. The van der Waals surface area contributed by atoms with Crippen molar-refractivity contribution in [3.8, 4) is 0 Å². The molecule has 11 heteroatoms. The summed E-state index contributed by atoms with van der Waals surface area (Å²) in [4.78, 5) is 53.9. The van der Waals surface area contributed by atoms with Crippen molar-refractivity contribution in [2.75, 3.05) is 0 Å². The lowest BCUT2D eigenvalue weighted by Gasteiger charge is -2.26. The van der Waals surface area contributed by atoms with Crippen LogP contribution in [0.3, 0.4) is 0 Å². The highest BCUT2D eigenvalue weighted by Gasteiger charge is 2.31. The van der Waals surface area contributed by atoms with Crippen molar-refractivity contribution < 1.29 is 24.3 Å². The minimum Gasteiger partial charge on any atom is -0.480 e. The largest absolute Gasteiger partial charge is 0.480 e. The molecule has 0 bridgehead atoms. The summed E-state index contributed by atoms with van der Waals surface area (Å²) in [6.07, 6.45) is 3.45. The zero-order valence-corrected chi connectivity index (χ0v) is 16.0. The maximum atomic E-state index is 12.7. The molecule has 156 valence electrons. The van der Waals surface area contributed by atoms with Gasteiger partial charge in [-0.25, -0.2) is 9.78 Å². The minimum atomic E-state index is -1.21. The first kappa shape index (κ1) is 23.1. The predicted molar refractivity (Wildman–Crippen MR) is 99.6 cm³/mol. The van der Waals surface area contributed by atoms with Gasteiger partial charge in [-0.1, -0.05) is 20.3 Å². The number of H-pyrrole nitrogens is 1. The highest BCUT2D eigenvalue weighted by Crippen LogP contribution is 2.10. The molecule has 0 aliphatic heterocycles. The number of aliphatic carboxylic acids is 1. The van der Waals surface area contributed by atoms with Gasteiger partial charge < -0.3 is 32.2 Å². The van der Waals surface area contributed by atoms with E-state index in [9.17, 15) is 24.3 Å². The topological polar surface area (TPSA) is 193 Å². The fraction of sp³-hybridized carbons (Fsp3) is 0.588. The maximum Gasteiger partial charge on any atom is 0.326 e. The number of amides is 3. The molecular formula is C17H28N6O5. The number of nitrogens with one attached hydrogen (secondary N) is 3. The van der Waals surface area contributed by atoms with E-state index in [2.05, 4.69) is 20.6 Å². The van der Waals surface area contributed by atoms with Crippen LogP contribution in [-0.4, -0.2) is 56.9 Å². The van der Waals surface area contributed by atoms with Crippen LogP contribution < -0.4 is 22.1 Å². The van der Waals surface area contributed by atoms with Crippen LogP contribution in [0.15, 0.2) is 12.5 Å². The molecule has 0 aliphatic carbocycles. The van der Waals surface area contributed by atoms with Crippen LogP contribution >= 0.6 is 0 Å². The Bertz CT molecular complexity index is 678. The van der Waals surface area contributed by atoms with Crippen LogP contribution in [0.1, 0.15) is 38.8 Å². The molecule has 0 radical (unpaired) electrons. The predicted octanol–water partition coefficient (Wildman–Crippen LogP) is -1.35. The van der Waals surface area contributed by atoms with Gasteiger partial charge in [-0.05, 0) is 12.3 Å². The second kappa shape index (κ2) is 11.0. The number of aromatic amines is 1. The van der Waals surface area contributed by atoms with E-state index in [-0.39, 0.29) is 25.2 Å². The van der Waals surface area contributed by atoms with Crippen molar-refractivity contribution in [1.82, 2.24) is 20.6 Å². The fourth-order valence-electron chi connectivity index (χ4n) is 2.47. The Morgan fingerprint density at radius 3 is 2.43 bits per heavy atom. The van der Waals surface area contributed by atoms with Gasteiger partial charge in [0.05, 0.1) is 12.4 Å². The van der Waals surface area contributed by atoms with Crippen LogP contribution in [0.25, 0.3) is 0 Å². The summed E-state index contributed by atoms with van der Waals surface area (Å²) in [6, 6.07) is -3.17. The zero-order chi connectivity index (χ0) is 21.3. The van der Waals surface area contributed by atoms with Gasteiger partial charge in [-0.15, -0.1) is 0 Å². The van der Waals surface area contributed by atoms with Gasteiger partial charge in [0, 0.05) is 24.7 Å². The molecule has 4 unspecified atom stereocenters. The normalized spacial score (nSPS) is 15.1. The Kier molecular flexibility index (Phi) is 9.09. The number of primary amides is 1. The van der Waals surface area contributed by atoms with Crippen LogP contribution in [0, 0.1) is 5.92 Å².